The predicted molar refractivity (Wildman–Crippen MR) is 35.1 cm³/mol. The quantitative estimate of drug-likeness (QED) is 0.758. The van der Waals surface area contributed by atoms with E-state index in [1.807, 2.05) is 0 Å². The van der Waals surface area contributed by atoms with Crippen molar-refractivity contribution in [1.82, 2.24) is 0 Å². The van der Waals surface area contributed by atoms with Crippen molar-refractivity contribution in [3.05, 3.63) is 29.8 Å². The summed E-state index contributed by atoms with van der Waals surface area (Å²) in [5, 5.41) is 17.3. The van der Waals surface area contributed by atoms with E-state index in [-0.39, 0.29) is 37.5 Å². The standard InChI is InChI=1S/C7H6O3.Zr/c8-6-4-2-1-3-5(6)7(9)10;/h1-4,8H,(H,9,10);. The molecule has 0 bridgehead atoms. The Balaban J connectivity index is 0.000001000. The molecule has 1 aromatic carbocycles. The first-order valence-corrected chi connectivity index (χ1v) is 2.73. The van der Waals surface area contributed by atoms with Crippen LogP contribution in [0.25, 0.3) is 0 Å². The number of carboxylic acid groups (broad SMARTS) is 1. The molecular formula is C7H6O3Zr. The van der Waals surface area contributed by atoms with E-state index in [0.29, 0.717) is 0 Å². The fourth-order valence-electron chi connectivity index (χ4n) is 0.654. The topological polar surface area (TPSA) is 57.5 Å². The molecule has 0 aliphatic heterocycles. The summed E-state index contributed by atoms with van der Waals surface area (Å²) in [5.74, 6) is -1.31. The summed E-state index contributed by atoms with van der Waals surface area (Å²) in [7, 11) is 0. The number of aromatic hydroxyl groups is 1. The molecule has 0 aliphatic rings. The largest absolute Gasteiger partial charge is 0.507 e. The van der Waals surface area contributed by atoms with Crippen LogP contribution in [0.5, 0.6) is 5.75 Å². The molecule has 0 amide bonds. The second-order valence-corrected chi connectivity index (χ2v) is 1.82. The van der Waals surface area contributed by atoms with Gasteiger partial charge in [-0.3, -0.25) is 0 Å². The van der Waals surface area contributed by atoms with Gasteiger partial charge in [-0.15, -0.1) is 0 Å². The van der Waals surface area contributed by atoms with Crippen LogP contribution in [0.15, 0.2) is 24.3 Å². The average molecular weight is 229 g/mol. The Morgan fingerprint density at radius 1 is 1.27 bits per heavy atom. The molecule has 0 spiro atoms. The molecule has 0 saturated carbocycles. The van der Waals surface area contributed by atoms with E-state index in [2.05, 4.69) is 0 Å². The third-order valence-corrected chi connectivity index (χ3v) is 1.13. The summed E-state index contributed by atoms with van der Waals surface area (Å²) in [4.78, 5) is 10.3. The molecule has 0 atom stereocenters. The molecule has 0 radical (unpaired) electrons. The van der Waals surface area contributed by atoms with E-state index in [1.54, 1.807) is 12.1 Å². The third-order valence-electron chi connectivity index (χ3n) is 1.13. The number of para-hydroxylation sites is 1. The van der Waals surface area contributed by atoms with Crippen LogP contribution < -0.4 is 0 Å². The van der Waals surface area contributed by atoms with E-state index in [0.717, 1.165) is 0 Å². The van der Waals surface area contributed by atoms with Gasteiger partial charge in [-0.25, -0.2) is 4.79 Å². The molecule has 2 N–H and O–H groups in total. The van der Waals surface area contributed by atoms with Crippen LogP contribution in [0.3, 0.4) is 0 Å². The van der Waals surface area contributed by atoms with Gasteiger partial charge < -0.3 is 10.2 Å². The minimum absolute atomic E-state index is 0. The van der Waals surface area contributed by atoms with Gasteiger partial charge in [0, 0.05) is 26.2 Å². The van der Waals surface area contributed by atoms with Gasteiger partial charge in [0.25, 0.3) is 0 Å². The van der Waals surface area contributed by atoms with Gasteiger partial charge in [0.15, 0.2) is 0 Å². The molecule has 0 fully saturated rings. The smallest absolute Gasteiger partial charge is 0.339 e. The normalized spacial score (nSPS) is 8.36. The van der Waals surface area contributed by atoms with Crippen LogP contribution in [0, 0.1) is 0 Å². The third kappa shape index (κ3) is 2.47. The molecule has 0 aromatic heterocycles. The molecule has 0 aliphatic carbocycles. The maximum atomic E-state index is 10.3. The van der Waals surface area contributed by atoms with Crippen molar-refractivity contribution in [1.29, 1.82) is 0 Å². The number of hydrogen-bond acceptors (Lipinski definition) is 2. The van der Waals surface area contributed by atoms with Crippen LogP contribution in [0.1, 0.15) is 10.4 Å². The first-order valence-electron chi connectivity index (χ1n) is 2.73. The molecule has 56 valence electrons. The van der Waals surface area contributed by atoms with Crippen LogP contribution in [0.4, 0.5) is 0 Å². The van der Waals surface area contributed by atoms with Crippen LogP contribution >= 0.6 is 0 Å². The van der Waals surface area contributed by atoms with Crippen molar-refractivity contribution in [2.45, 2.75) is 0 Å². The van der Waals surface area contributed by atoms with Gasteiger partial charge >= 0.3 is 5.97 Å². The minimum Gasteiger partial charge on any atom is -0.507 e. The number of benzene rings is 1. The summed E-state index contributed by atoms with van der Waals surface area (Å²) in [6, 6.07) is 5.81. The van der Waals surface area contributed by atoms with Crippen LogP contribution in [-0.4, -0.2) is 16.2 Å². The Kier molecular flexibility index (Phi) is 4.05. The van der Waals surface area contributed by atoms with Gasteiger partial charge in [-0.1, -0.05) is 12.1 Å². The van der Waals surface area contributed by atoms with E-state index >= 15 is 0 Å². The molecule has 1 aromatic rings. The fourth-order valence-corrected chi connectivity index (χ4v) is 0.654. The molecule has 0 heterocycles. The number of rotatable bonds is 1. The SMILES string of the molecule is O=C(O)c1ccccc1O.[Zr]. The molecule has 0 unspecified atom stereocenters. The summed E-state index contributed by atoms with van der Waals surface area (Å²) in [5.41, 5.74) is -0.0671. The first-order chi connectivity index (χ1) is 4.72. The zero-order valence-electron chi connectivity index (χ0n) is 5.61. The predicted octanol–water partition coefficient (Wildman–Crippen LogP) is 1.09. The molecule has 4 heteroatoms. The molecular weight excluding hydrogens is 223 g/mol. The van der Waals surface area contributed by atoms with Gasteiger partial charge in [0.2, 0.25) is 0 Å². The first kappa shape index (κ1) is 10.4. The maximum Gasteiger partial charge on any atom is 0.339 e. The van der Waals surface area contributed by atoms with Crippen LogP contribution in [0.2, 0.25) is 0 Å². The Labute approximate surface area is 82.8 Å². The molecule has 3 nitrogen and oxygen atoms in total. The van der Waals surface area contributed by atoms with Crippen molar-refractivity contribution in [3.8, 4) is 5.75 Å². The van der Waals surface area contributed by atoms with E-state index in [4.69, 9.17) is 10.2 Å². The monoisotopic (exact) mass is 228 g/mol. The summed E-state index contributed by atoms with van der Waals surface area (Å²) in [6.07, 6.45) is 0. The van der Waals surface area contributed by atoms with Crippen LogP contribution in [-0.2, 0) is 26.2 Å². The van der Waals surface area contributed by atoms with Crippen molar-refractivity contribution < 1.29 is 41.2 Å². The zero-order chi connectivity index (χ0) is 7.56. The van der Waals surface area contributed by atoms with Crippen molar-refractivity contribution in [2.24, 2.45) is 0 Å². The minimum atomic E-state index is -1.11. The fraction of sp³-hybridized carbons (Fsp3) is 0. The van der Waals surface area contributed by atoms with E-state index in [1.165, 1.54) is 12.1 Å². The Bertz CT molecular complexity index is 260. The van der Waals surface area contributed by atoms with Gasteiger partial charge in [0.1, 0.15) is 11.3 Å². The van der Waals surface area contributed by atoms with Gasteiger partial charge in [0.05, 0.1) is 0 Å². The number of hydrogen-bond donors (Lipinski definition) is 2. The molecule has 1 rings (SSSR count). The second kappa shape index (κ2) is 4.29. The van der Waals surface area contributed by atoms with Gasteiger partial charge in [-0.05, 0) is 12.1 Å². The average Bonchev–Trinajstić information content (AvgIpc) is 1.88. The van der Waals surface area contributed by atoms with Crippen molar-refractivity contribution in [2.75, 3.05) is 0 Å². The Morgan fingerprint density at radius 3 is 2.18 bits per heavy atom. The maximum absolute atomic E-state index is 10.3. The van der Waals surface area contributed by atoms with Crippen molar-refractivity contribution >= 4 is 5.97 Å². The van der Waals surface area contributed by atoms with Gasteiger partial charge in [-0.2, -0.15) is 0 Å². The molecule has 11 heavy (non-hydrogen) atoms. The number of carbonyl (C=O) groups is 1. The van der Waals surface area contributed by atoms with Crippen molar-refractivity contribution in [3.63, 3.8) is 0 Å². The number of phenols is 1. The zero-order valence-corrected chi connectivity index (χ0v) is 8.07. The molecule has 0 saturated heterocycles. The summed E-state index contributed by atoms with van der Waals surface area (Å²) >= 11 is 0. The summed E-state index contributed by atoms with van der Waals surface area (Å²) in [6.45, 7) is 0. The number of carboxylic acids is 1. The van der Waals surface area contributed by atoms with E-state index in [9.17, 15) is 4.79 Å². The summed E-state index contributed by atoms with van der Waals surface area (Å²) < 4.78 is 0. The number of aromatic carboxylic acids is 1. The Hall–Kier alpha value is -0.627. The second-order valence-electron chi connectivity index (χ2n) is 1.82. The van der Waals surface area contributed by atoms with E-state index < -0.39 is 5.97 Å². The Morgan fingerprint density at radius 2 is 1.82 bits per heavy atom.